The van der Waals surface area contributed by atoms with Crippen LogP contribution in [-0.4, -0.2) is 18.5 Å². The standard InChI is InChI=1S/C14H19ClO2/c1-3-14(16)17-10-11(2)13-6-4-12(5-7-13)8-9-15/h4-7,11H,3,8-10H2,1-2H3. The lowest BCUT2D eigenvalue weighted by Crippen LogP contribution is -2.09. The SMILES string of the molecule is CCC(=O)OCC(C)c1ccc(CCCl)cc1. The van der Waals surface area contributed by atoms with Crippen LogP contribution in [0, 0.1) is 0 Å². The lowest BCUT2D eigenvalue weighted by atomic mass is 10.00. The van der Waals surface area contributed by atoms with Crippen molar-refractivity contribution in [1.82, 2.24) is 0 Å². The molecule has 0 aromatic heterocycles. The number of benzene rings is 1. The molecule has 0 aliphatic heterocycles. The van der Waals surface area contributed by atoms with E-state index in [0.29, 0.717) is 18.9 Å². The highest BCUT2D eigenvalue weighted by Gasteiger charge is 2.08. The average molecular weight is 255 g/mol. The van der Waals surface area contributed by atoms with Crippen molar-refractivity contribution < 1.29 is 9.53 Å². The monoisotopic (exact) mass is 254 g/mol. The minimum absolute atomic E-state index is 0.143. The number of ether oxygens (including phenoxy) is 1. The Morgan fingerprint density at radius 3 is 2.53 bits per heavy atom. The van der Waals surface area contributed by atoms with E-state index in [-0.39, 0.29) is 11.9 Å². The second-order valence-electron chi connectivity index (χ2n) is 4.12. The molecular weight excluding hydrogens is 236 g/mol. The van der Waals surface area contributed by atoms with Gasteiger partial charge in [-0.25, -0.2) is 0 Å². The summed E-state index contributed by atoms with van der Waals surface area (Å²) < 4.78 is 5.13. The van der Waals surface area contributed by atoms with Crippen LogP contribution in [0.3, 0.4) is 0 Å². The van der Waals surface area contributed by atoms with E-state index in [4.69, 9.17) is 16.3 Å². The fourth-order valence-electron chi connectivity index (χ4n) is 1.54. The Morgan fingerprint density at radius 2 is 2.00 bits per heavy atom. The molecule has 94 valence electrons. The number of carbonyl (C=O) groups excluding carboxylic acids is 1. The molecule has 0 radical (unpaired) electrons. The third kappa shape index (κ3) is 4.78. The minimum Gasteiger partial charge on any atom is -0.465 e. The van der Waals surface area contributed by atoms with Crippen LogP contribution in [0.15, 0.2) is 24.3 Å². The molecular formula is C14H19ClO2. The first-order chi connectivity index (χ1) is 8.17. The van der Waals surface area contributed by atoms with Gasteiger partial charge < -0.3 is 4.74 Å². The Balaban J connectivity index is 2.51. The lowest BCUT2D eigenvalue weighted by molar-refractivity contribution is -0.143. The van der Waals surface area contributed by atoms with Crippen LogP contribution >= 0.6 is 11.6 Å². The summed E-state index contributed by atoms with van der Waals surface area (Å²) in [5, 5.41) is 0. The second kappa shape index (κ2) is 7.33. The first-order valence-corrected chi connectivity index (χ1v) is 6.51. The molecule has 1 unspecified atom stereocenters. The zero-order chi connectivity index (χ0) is 12.7. The Hall–Kier alpha value is -1.02. The normalized spacial score (nSPS) is 12.2. The van der Waals surface area contributed by atoms with Crippen molar-refractivity contribution in [3.05, 3.63) is 35.4 Å². The molecule has 0 saturated heterocycles. The highest BCUT2D eigenvalue weighted by atomic mass is 35.5. The van der Waals surface area contributed by atoms with Crippen LogP contribution in [-0.2, 0) is 16.0 Å². The molecule has 0 aliphatic carbocycles. The summed E-state index contributed by atoms with van der Waals surface area (Å²) >= 11 is 5.68. The number of esters is 1. The lowest BCUT2D eigenvalue weighted by Gasteiger charge is -2.12. The van der Waals surface area contributed by atoms with E-state index in [9.17, 15) is 4.79 Å². The molecule has 17 heavy (non-hydrogen) atoms. The van der Waals surface area contributed by atoms with Crippen molar-refractivity contribution in [2.24, 2.45) is 0 Å². The number of halogens is 1. The van der Waals surface area contributed by atoms with E-state index in [1.165, 1.54) is 11.1 Å². The van der Waals surface area contributed by atoms with Crippen molar-refractivity contribution in [3.63, 3.8) is 0 Å². The van der Waals surface area contributed by atoms with Gasteiger partial charge in [-0.05, 0) is 17.5 Å². The Kier molecular flexibility index (Phi) is 6.06. The van der Waals surface area contributed by atoms with Crippen LogP contribution in [0.4, 0.5) is 0 Å². The number of hydrogen-bond acceptors (Lipinski definition) is 2. The molecule has 0 fully saturated rings. The second-order valence-corrected chi connectivity index (χ2v) is 4.50. The molecule has 3 heteroatoms. The largest absolute Gasteiger partial charge is 0.465 e. The summed E-state index contributed by atoms with van der Waals surface area (Å²) in [6, 6.07) is 8.31. The van der Waals surface area contributed by atoms with Gasteiger partial charge in [-0.15, -0.1) is 11.6 Å². The van der Waals surface area contributed by atoms with Crippen molar-refractivity contribution in [2.75, 3.05) is 12.5 Å². The molecule has 1 aromatic carbocycles. The zero-order valence-electron chi connectivity index (χ0n) is 10.4. The smallest absolute Gasteiger partial charge is 0.305 e. The predicted molar refractivity (Wildman–Crippen MR) is 70.5 cm³/mol. The summed E-state index contributed by atoms with van der Waals surface area (Å²) in [6.45, 7) is 4.30. The molecule has 0 N–H and O–H groups in total. The quantitative estimate of drug-likeness (QED) is 0.574. The number of rotatable bonds is 6. The Morgan fingerprint density at radius 1 is 1.35 bits per heavy atom. The summed E-state index contributed by atoms with van der Waals surface area (Å²) in [5.74, 6) is 0.731. The van der Waals surface area contributed by atoms with Gasteiger partial charge in [-0.2, -0.15) is 0 Å². The maximum Gasteiger partial charge on any atom is 0.305 e. The van der Waals surface area contributed by atoms with Crippen LogP contribution in [0.2, 0.25) is 0 Å². The molecule has 0 heterocycles. The summed E-state index contributed by atoms with van der Waals surface area (Å²) in [5.41, 5.74) is 2.42. The third-order valence-corrected chi connectivity index (χ3v) is 2.90. The molecule has 1 atom stereocenters. The van der Waals surface area contributed by atoms with E-state index < -0.39 is 0 Å². The van der Waals surface area contributed by atoms with Crippen LogP contribution in [0.25, 0.3) is 0 Å². The highest BCUT2D eigenvalue weighted by molar-refractivity contribution is 6.17. The van der Waals surface area contributed by atoms with Crippen LogP contribution in [0.1, 0.15) is 37.3 Å². The van der Waals surface area contributed by atoms with Crippen molar-refractivity contribution in [2.45, 2.75) is 32.6 Å². The van der Waals surface area contributed by atoms with Gasteiger partial charge >= 0.3 is 5.97 Å². The fraction of sp³-hybridized carbons (Fsp3) is 0.500. The molecule has 0 bridgehead atoms. The van der Waals surface area contributed by atoms with E-state index in [0.717, 1.165) is 6.42 Å². The summed E-state index contributed by atoms with van der Waals surface area (Å²) in [6.07, 6.45) is 1.32. The van der Waals surface area contributed by atoms with Gasteiger partial charge in [-0.1, -0.05) is 38.1 Å². The first-order valence-electron chi connectivity index (χ1n) is 5.97. The maximum absolute atomic E-state index is 11.0. The van der Waals surface area contributed by atoms with E-state index in [1.54, 1.807) is 6.92 Å². The minimum atomic E-state index is -0.143. The predicted octanol–water partition coefficient (Wildman–Crippen LogP) is 3.52. The third-order valence-electron chi connectivity index (χ3n) is 2.71. The first kappa shape index (κ1) is 14.0. The number of carbonyl (C=O) groups is 1. The molecule has 0 saturated carbocycles. The van der Waals surface area contributed by atoms with Gasteiger partial charge in [0.05, 0.1) is 6.61 Å². The van der Waals surface area contributed by atoms with Gasteiger partial charge in [-0.3, -0.25) is 4.79 Å². The number of aryl methyl sites for hydroxylation is 1. The van der Waals surface area contributed by atoms with Gasteiger partial charge in [0.25, 0.3) is 0 Å². The molecule has 0 aliphatic rings. The molecule has 0 amide bonds. The Labute approximate surface area is 108 Å². The highest BCUT2D eigenvalue weighted by Crippen LogP contribution is 2.17. The average Bonchev–Trinajstić information content (AvgIpc) is 2.36. The van der Waals surface area contributed by atoms with Crippen LogP contribution in [0.5, 0.6) is 0 Å². The van der Waals surface area contributed by atoms with E-state index in [2.05, 4.69) is 31.2 Å². The fourth-order valence-corrected chi connectivity index (χ4v) is 1.76. The summed E-state index contributed by atoms with van der Waals surface area (Å²) in [4.78, 5) is 11.0. The zero-order valence-corrected chi connectivity index (χ0v) is 11.2. The topological polar surface area (TPSA) is 26.3 Å². The van der Waals surface area contributed by atoms with E-state index in [1.807, 2.05) is 0 Å². The summed E-state index contributed by atoms with van der Waals surface area (Å²) in [7, 11) is 0. The van der Waals surface area contributed by atoms with Crippen molar-refractivity contribution >= 4 is 17.6 Å². The maximum atomic E-state index is 11.0. The van der Waals surface area contributed by atoms with Gasteiger partial charge in [0.1, 0.15) is 0 Å². The molecule has 2 nitrogen and oxygen atoms in total. The van der Waals surface area contributed by atoms with E-state index >= 15 is 0 Å². The van der Waals surface area contributed by atoms with Gasteiger partial charge in [0, 0.05) is 18.2 Å². The Bertz CT molecular complexity index is 346. The van der Waals surface area contributed by atoms with Crippen molar-refractivity contribution in [3.8, 4) is 0 Å². The molecule has 1 rings (SSSR count). The van der Waals surface area contributed by atoms with Crippen LogP contribution < -0.4 is 0 Å². The van der Waals surface area contributed by atoms with Crippen molar-refractivity contribution in [1.29, 1.82) is 0 Å². The number of hydrogen-bond donors (Lipinski definition) is 0. The molecule has 1 aromatic rings. The number of alkyl halides is 1. The molecule has 0 spiro atoms. The van der Waals surface area contributed by atoms with Gasteiger partial charge in [0.2, 0.25) is 0 Å². The van der Waals surface area contributed by atoms with Gasteiger partial charge in [0.15, 0.2) is 0 Å².